The van der Waals surface area contributed by atoms with E-state index in [1.54, 1.807) is 12.1 Å². The summed E-state index contributed by atoms with van der Waals surface area (Å²) in [4.78, 5) is 51.0. The molecule has 0 unspecified atom stereocenters. The van der Waals surface area contributed by atoms with Crippen LogP contribution in [0.2, 0.25) is 0 Å². The minimum atomic E-state index is -0.737. The summed E-state index contributed by atoms with van der Waals surface area (Å²) in [6.45, 7) is 0.153. The van der Waals surface area contributed by atoms with Gasteiger partial charge in [-0.3, -0.25) is 24.5 Å². The number of piperidine rings is 1. The van der Waals surface area contributed by atoms with E-state index in [1.165, 1.54) is 23.1 Å². The molecule has 176 valence electrons. The molecule has 34 heavy (non-hydrogen) atoms. The van der Waals surface area contributed by atoms with Gasteiger partial charge in [0.1, 0.15) is 17.7 Å². The predicted molar refractivity (Wildman–Crippen MR) is 116 cm³/mol. The standard InChI is InChI=1S/C25H23F2N3O4/c26-16-5-7-18(19(27)11-16)22(13-2-1-3-13)29-23(32)14-4-6-17-15(10-14)12-30(25(17)34)20-8-9-21(31)28-24(20)33/h4-7,10-11,13,20,22H,1-3,8-9,12H2,(H,29,32)(H,28,31,33)/t20-,22-/m1/s1. The van der Waals surface area contributed by atoms with E-state index >= 15 is 0 Å². The highest BCUT2D eigenvalue weighted by molar-refractivity contribution is 6.06. The third kappa shape index (κ3) is 3.95. The van der Waals surface area contributed by atoms with Gasteiger partial charge in [-0.15, -0.1) is 0 Å². The fourth-order valence-electron chi connectivity index (χ4n) is 4.92. The molecule has 2 N–H and O–H groups in total. The number of nitrogens with zero attached hydrogens (tertiary/aromatic N) is 1. The van der Waals surface area contributed by atoms with Crippen LogP contribution in [-0.4, -0.2) is 34.6 Å². The number of imide groups is 1. The van der Waals surface area contributed by atoms with Gasteiger partial charge in [0.2, 0.25) is 11.8 Å². The Hall–Kier alpha value is -3.62. The minimum Gasteiger partial charge on any atom is -0.345 e. The molecule has 0 spiro atoms. The van der Waals surface area contributed by atoms with Gasteiger partial charge in [-0.1, -0.05) is 12.5 Å². The molecule has 1 saturated heterocycles. The molecule has 7 nitrogen and oxygen atoms in total. The van der Waals surface area contributed by atoms with Gasteiger partial charge in [0.25, 0.3) is 11.8 Å². The smallest absolute Gasteiger partial charge is 0.255 e. The molecule has 0 bridgehead atoms. The van der Waals surface area contributed by atoms with Crippen molar-refractivity contribution in [2.75, 3.05) is 0 Å². The summed E-state index contributed by atoms with van der Waals surface area (Å²) < 4.78 is 27.9. The number of amides is 4. The van der Waals surface area contributed by atoms with Gasteiger partial charge in [0, 0.05) is 35.7 Å². The molecule has 4 amide bonds. The first-order chi connectivity index (χ1) is 16.3. The second-order valence-electron chi connectivity index (χ2n) is 9.08. The lowest BCUT2D eigenvalue weighted by molar-refractivity contribution is -0.136. The maximum atomic E-state index is 14.5. The van der Waals surface area contributed by atoms with Gasteiger partial charge < -0.3 is 10.2 Å². The molecular formula is C25H23F2N3O4. The third-order valence-corrected chi connectivity index (χ3v) is 6.99. The van der Waals surface area contributed by atoms with Gasteiger partial charge in [-0.05, 0) is 55.0 Å². The molecule has 2 heterocycles. The predicted octanol–water partition coefficient (Wildman–Crippen LogP) is 3.00. The van der Waals surface area contributed by atoms with Gasteiger partial charge in [-0.2, -0.15) is 0 Å². The Labute approximate surface area is 194 Å². The zero-order valence-electron chi connectivity index (χ0n) is 18.3. The zero-order valence-corrected chi connectivity index (χ0v) is 18.3. The molecule has 3 aliphatic rings. The summed E-state index contributed by atoms with van der Waals surface area (Å²) in [7, 11) is 0. The van der Waals surface area contributed by atoms with Crippen LogP contribution in [0.1, 0.15) is 70.0 Å². The fourth-order valence-corrected chi connectivity index (χ4v) is 4.92. The fraction of sp³-hybridized carbons (Fsp3) is 0.360. The van der Waals surface area contributed by atoms with E-state index in [4.69, 9.17) is 0 Å². The van der Waals surface area contributed by atoms with Crippen LogP contribution in [0.3, 0.4) is 0 Å². The number of fused-ring (bicyclic) bond motifs is 1. The number of rotatable bonds is 5. The summed E-state index contributed by atoms with van der Waals surface area (Å²) in [6.07, 6.45) is 3.07. The number of benzene rings is 2. The summed E-state index contributed by atoms with van der Waals surface area (Å²) in [6, 6.07) is 6.73. The second-order valence-corrected chi connectivity index (χ2v) is 9.08. The van der Waals surface area contributed by atoms with E-state index in [2.05, 4.69) is 10.6 Å². The summed E-state index contributed by atoms with van der Waals surface area (Å²) in [5, 5.41) is 5.16. The van der Waals surface area contributed by atoms with E-state index < -0.39 is 35.5 Å². The topological polar surface area (TPSA) is 95.6 Å². The maximum absolute atomic E-state index is 14.5. The van der Waals surface area contributed by atoms with E-state index in [-0.39, 0.29) is 42.7 Å². The highest BCUT2D eigenvalue weighted by Crippen LogP contribution is 2.39. The SMILES string of the molecule is O=C1CC[C@@H](N2Cc3cc(C(=O)N[C@@H](c4ccc(F)cc4F)C4CCC4)ccc3C2=O)C(=O)N1. The Morgan fingerprint density at radius 2 is 1.85 bits per heavy atom. The maximum Gasteiger partial charge on any atom is 0.255 e. The molecule has 2 aromatic carbocycles. The quantitative estimate of drug-likeness (QED) is 0.661. The Kier molecular flexibility index (Phi) is 5.63. The van der Waals surface area contributed by atoms with Crippen LogP contribution in [0.15, 0.2) is 36.4 Å². The van der Waals surface area contributed by atoms with Crippen molar-refractivity contribution < 1.29 is 28.0 Å². The van der Waals surface area contributed by atoms with E-state index in [1.807, 2.05) is 0 Å². The third-order valence-electron chi connectivity index (χ3n) is 6.99. The summed E-state index contributed by atoms with van der Waals surface area (Å²) in [5.74, 6) is -2.92. The van der Waals surface area contributed by atoms with E-state index in [0.717, 1.165) is 25.3 Å². The molecule has 5 rings (SSSR count). The van der Waals surface area contributed by atoms with Crippen LogP contribution >= 0.6 is 0 Å². The van der Waals surface area contributed by atoms with Crippen LogP contribution < -0.4 is 10.6 Å². The molecule has 2 fully saturated rings. The highest BCUT2D eigenvalue weighted by atomic mass is 19.1. The lowest BCUT2D eigenvalue weighted by atomic mass is 9.77. The first kappa shape index (κ1) is 22.2. The monoisotopic (exact) mass is 467 g/mol. The first-order valence-electron chi connectivity index (χ1n) is 11.3. The van der Waals surface area contributed by atoms with Crippen molar-refractivity contribution in [2.24, 2.45) is 5.92 Å². The zero-order chi connectivity index (χ0) is 24.0. The Balaban J connectivity index is 1.35. The number of hydrogen-bond acceptors (Lipinski definition) is 4. The normalized spacial score (nSPS) is 21.1. The first-order valence-corrected chi connectivity index (χ1v) is 11.3. The Bertz CT molecular complexity index is 1210. The van der Waals surface area contributed by atoms with Crippen molar-refractivity contribution in [2.45, 2.75) is 50.7 Å². The van der Waals surface area contributed by atoms with Crippen molar-refractivity contribution in [3.05, 3.63) is 70.3 Å². The van der Waals surface area contributed by atoms with Crippen LogP contribution in [0.25, 0.3) is 0 Å². The largest absolute Gasteiger partial charge is 0.345 e. The summed E-state index contributed by atoms with van der Waals surface area (Å²) in [5.41, 5.74) is 1.57. The number of carbonyl (C=O) groups excluding carboxylic acids is 4. The number of carbonyl (C=O) groups is 4. The average molecular weight is 467 g/mol. The van der Waals surface area contributed by atoms with Gasteiger partial charge in [0.15, 0.2) is 0 Å². The molecule has 2 aromatic rings. The van der Waals surface area contributed by atoms with Gasteiger partial charge >= 0.3 is 0 Å². The van der Waals surface area contributed by atoms with E-state index in [0.29, 0.717) is 16.7 Å². The van der Waals surface area contributed by atoms with Crippen LogP contribution in [0.5, 0.6) is 0 Å². The minimum absolute atomic E-state index is 0.0583. The lowest BCUT2D eigenvalue weighted by Crippen LogP contribution is -2.52. The van der Waals surface area contributed by atoms with Crippen molar-refractivity contribution in [3.8, 4) is 0 Å². The van der Waals surface area contributed by atoms with Crippen LogP contribution in [0.4, 0.5) is 8.78 Å². The van der Waals surface area contributed by atoms with Gasteiger partial charge in [0.05, 0.1) is 6.04 Å². The van der Waals surface area contributed by atoms with Crippen molar-refractivity contribution in [1.29, 1.82) is 0 Å². The van der Waals surface area contributed by atoms with Crippen LogP contribution in [0, 0.1) is 17.6 Å². The molecule has 1 aliphatic carbocycles. The number of halogens is 2. The molecule has 1 saturated carbocycles. The Morgan fingerprint density at radius 1 is 1.06 bits per heavy atom. The lowest BCUT2D eigenvalue weighted by Gasteiger charge is -2.34. The van der Waals surface area contributed by atoms with Crippen molar-refractivity contribution in [1.82, 2.24) is 15.5 Å². The average Bonchev–Trinajstić information content (AvgIpc) is 3.08. The van der Waals surface area contributed by atoms with E-state index in [9.17, 15) is 28.0 Å². The number of hydrogen-bond donors (Lipinski definition) is 2. The summed E-state index contributed by atoms with van der Waals surface area (Å²) >= 11 is 0. The molecule has 9 heteroatoms. The molecule has 0 aromatic heterocycles. The Morgan fingerprint density at radius 3 is 2.53 bits per heavy atom. The molecule has 0 radical (unpaired) electrons. The second kappa shape index (κ2) is 8.62. The highest BCUT2D eigenvalue weighted by Gasteiger charge is 2.39. The van der Waals surface area contributed by atoms with Crippen molar-refractivity contribution >= 4 is 23.6 Å². The van der Waals surface area contributed by atoms with Gasteiger partial charge in [-0.25, -0.2) is 8.78 Å². The van der Waals surface area contributed by atoms with Crippen molar-refractivity contribution in [3.63, 3.8) is 0 Å². The number of nitrogens with one attached hydrogen (secondary N) is 2. The molecular weight excluding hydrogens is 444 g/mol. The van der Waals surface area contributed by atoms with Crippen LogP contribution in [-0.2, 0) is 16.1 Å². The molecule has 2 atom stereocenters. The molecule has 2 aliphatic heterocycles.